The molecule has 2 aromatic rings. The molecule has 0 atom stereocenters. The second-order valence-electron chi connectivity index (χ2n) is 5.79. The van der Waals surface area contributed by atoms with Gasteiger partial charge in [-0.2, -0.15) is 0 Å². The molecular weight excluding hydrogens is 302 g/mol. The fourth-order valence-corrected chi connectivity index (χ4v) is 3.48. The molecule has 9 heteroatoms. The van der Waals surface area contributed by atoms with Crippen LogP contribution in [-0.4, -0.2) is 42.9 Å². The number of rotatable bonds is 4. The molecular formula is C13H17N7OS. The van der Waals surface area contributed by atoms with E-state index < -0.39 is 0 Å². The number of hydrogen-bond acceptors (Lipinski definition) is 6. The Labute approximate surface area is 131 Å². The summed E-state index contributed by atoms with van der Waals surface area (Å²) in [5, 5.41) is 20.9. The van der Waals surface area contributed by atoms with Crippen molar-refractivity contribution in [1.82, 2.24) is 29.9 Å². The first-order valence-corrected chi connectivity index (χ1v) is 8.29. The topological polar surface area (TPSA) is 88.8 Å². The van der Waals surface area contributed by atoms with Gasteiger partial charge in [0.2, 0.25) is 5.13 Å². The minimum absolute atomic E-state index is 0.200. The first-order valence-electron chi connectivity index (χ1n) is 7.47. The number of carbonyl (C=O) groups is 1. The summed E-state index contributed by atoms with van der Waals surface area (Å²) in [6.45, 7) is 1.38. The van der Waals surface area contributed by atoms with E-state index in [-0.39, 0.29) is 6.03 Å². The number of nitrogens with zero attached hydrogens (tertiary/aromatic N) is 6. The standard InChI is InChI=1S/C13H17N7OS/c1-19(7-10-16-15-9-3-2-6-20(9)10)13(21)14-12-18-17-11(22-12)8-4-5-8/h8H,2-7H2,1H3,(H,14,18,21). The highest BCUT2D eigenvalue weighted by Gasteiger charge is 2.28. The molecule has 4 rings (SSSR count). The Balaban J connectivity index is 1.38. The van der Waals surface area contributed by atoms with Crippen LogP contribution in [0.1, 0.15) is 41.8 Å². The third-order valence-electron chi connectivity index (χ3n) is 3.99. The van der Waals surface area contributed by atoms with E-state index in [1.54, 1.807) is 11.9 Å². The van der Waals surface area contributed by atoms with Gasteiger partial charge in [-0.25, -0.2) is 4.79 Å². The van der Waals surface area contributed by atoms with E-state index in [1.807, 2.05) is 0 Å². The summed E-state index contributed by atoms with van der Waals surface area (Å²) in [5.74, 6) is 2.41. The average Bonchev–Trinajstić information content (AvgIpc) is 2.93. The number of carbonyl (C=O) groups excluding carboxylic acids is 1. The van der Waals surface area contributed by atoms with E-state index in [2.05, 4.69) is 30.3 Å². The summed E-state index contributed by atoms with van der Waals surface area (Å²) in [5.41, 5.74) is 0. The lowest BCUT2D eigenvalue weighted by molar-refractivity contribution is 0.219. The molecule has 22 heavy (non-hydrogen) atoms. The minimum atomic E-state index is -0.200. The molecule has 2 aromatic heterocycles. The van der Waals surface area contributed by atoms with E-state index in [0.29, 0.717) is 17.6 Å². The van der Waals surface area contributed by atoms with Crippen LogP contribution in [0.2, 0.25) is 0 Å². The first kappa shape index (κ1) is 13.6. The highest BCUT2D eigenvalue weighted by Crippen LogP contribution is 2.42. The Bertz CT molecular complexity index is 705. The zero-order valence-electron chi connectivity index (χ0n) is 12.3. The van der Waals surface area contributed by atoms with Crippen LogP contribution in [-0.2, 0) is 19.5 Å². The van der Waals surface area contributed by atoms with Gasteiger partial charge in [-0.1, -0.05) is 11.3 Å². The lowest BCUT2D eigenvalue weighted by Gasteiger charge is -2.16. The lowest BCUT2D eigenvalue weighted by atomic mass is 10.4. The summed E-state index contributed by atoms with van der Waals surface area (Å²) < 4.78 is 2.10. The Morgan fingerprint density at radius 1 is 1.36 bits per heavy atom. The van der Waals surface area contributed by atoms with Gasteiger partial charge in [0.15, 0.2) is 5.82 Å². The summed E-state index contributed by atoms with van der Waals surface area (Å²) in [4.78, 5) is 13.8. The van der Waals surface area contributed by atoms with Crippen molar-refractivity contribution in [3.8, 4) is 0 Å². The molecule has 1 fully saturated rings. The second-order valence-corrected chi connectivity index (χ2v) is 6.80. The molecule has 2 amide bonds. The predicted molar refractivity (Wildman–Crippen MR) is 80.7 cm³/mol. The Morgan fingerprint density at radius 3 is 3.05 bits per heavy atom. The summed E-state index contributed by atoms with van der Waals surface area (Å²) in [6, 6.07) is -0.200. The number of amides is 2. The number of hydrogen-bond donors (Lipinski definition) is 1. The van der Waals surface area contributed by atoms with Gasteiger partial charge in [-0.15, -0.1) is 20.4 Å². The lowest BCUT2D eigenvalue weighted by Crippen LogP contribution is -2.31. The molecule has 0 radical (unpaired) electrons. The van der Waals surface area contributed by atoms with Crippen molar-refractivity contribution in [2.45, 2.75) is 44.7 Å². The molecule has 1 aliphatic carbocycles. The highest BCUT2D eigenvalue weighted by molar-refractivity contribution is 7.15. The van der Waals surface area contributed by atoms with Crippen LogP contribution in [0.15, 0.2) is 0 Å². The summed E-state index contributed by atoms with van der Waals surface area (Å²) in [6.07, 6.45) is 4.43. The van der Waals surface area contributed by atoms with Gasteiger partial charge in [0, 0.05) is 25.9 Å². The van der Waals surface area contributed by atoms with Crippen LogP contribution < -0.4 is 5.32 Å². The van der Waals surface area contributed by atoms with Crippen molar-refractivity contribution in [3.05, 3.63) is 16.7 Å². The maximum Gasteiger partial charge on any atom is 0.323 e. The van der Waals surface area contributed by atoms with Gasteiger partial charge in [0.05, 0.1) is 6.54 Å². The minimum Gasteiger partial charge on any atom is -0.320 e. The van der Waals surface area contributed by atoms with Crippen molar-refractivity contribution in [2.75, 3.05) is 12.4 Å². The molecule has 8 nitrogen and oxygen atoms in total. The van der Waals surface area contributed by atoms with Crippen LogP contribution in [0, 0.1) is 0 Å². The van der Waals surface area contributed by atoms with Gasteiger partial charge in [0.1, 0.15) is 10.8 Å². The van der Waals surface area contributed by atoms with Crippen molar-refractivity contribution in [2.24, 2.45) is 0 Å². The summed E-state index contributed by atoms with van der Waals surface area (Å²) >= 11 is 1.46. The van der Waals surface area contributed by atoms with Gasteiger partial charge >= 0.3 is 6.03 Å². The maximum atomic E-state index is 12.2. The molecule has 0 bridgehead atoms. The van der Waals surface area contributed by atoms with Gasteiger partial charge in [-0.05, 0) is 19.3 Å². The van der Waals surface area contributed by atoms with Crippen molar-refractivity contribution in [1.29, 1.82) is 0 Å². The Hall–Kier alpha value is -2.03. The van der Waals surface area contributed by atoms with E-state index >= 15 is 0 Å². The van der Waals surface area contributed by atoms with Crippen LogP contribution in [0.5, 0.6) is 0 Å². The SMILES string of the molecule is CN(Cc1nnc2n1CCC2)C(=O)Nc1nnc(C2CC2)s1. The quantitative estimate of drug-likeness (QED) is 0.925. The zero-order valence-corrected chi connectivity index (χ0v) is 13.1. The third kappa shape index (κ3) is 2.56. The van der Waals surface area contributed by atoms with Crippen molar-refractivity contribution >= 4 is 22.5 Å². The molecule has 116 valence electrons. The smallest absolute Gasteiger partial charge is 0.320 e. The van der Waals surface area contributed by atoms with Crippen molar-refractivity contribution in [3.63, 3.8) is 0 Å². The largest absolute Gasteiger partial charge is 0.323 e. The van der Waals surface area contributed by atoms with Crippen molar-refractivity contribution < 1.29 is 4.79 Å². The molecule has 0 saturated heterocycles. The Morgan fingerprint density at radius 2 is 2.23 bits per heavy atom. The van der Waals surface area contributed by atoms with E-state index in [0.717, 1.165) is 36.0 Å². The molecule has 0 spiro atoms. The maximum absolute atomic E-state index is 12.2. The van der Waals surface area contributed by atoms with Gasteiger partial charge in [0.25, 0.3) is 0 Å². The highest BCUT2D eigenvalue weighted by atomic mass is 32.1. The van der Waals surface area contributed by atoms with E-state index in [1.165, 1.54) is 24.2 Å². The van der Waals surface area contributed by atoms with Crippen LogP contribution in [0.3, 0.4) is 0 Å². The monoisotopic (exact) mass is 319 g/mol. The third-order valence-corrected chi connectivity index (χ3v) is 4.99. The molecule has 0 unspecified atom stereocenters. The summed E-state index contributed by atoms with van der Waals surface area (Å²) in [7, 11) is 1.74. The molecule has 0 aromatic carbocycles. The molecule has 3 heterocycles. The average molecular weight is 319 g/mol. The number of aromatic nitrogens is 5. The van der Waals surface area contributed by atoms with Crippen LogP contribution in [0.25, 0.3) is 0 Å². The predicted octanol–water partition coefficient (Wildman–Crippen LogP) is 1.62. The van der Waals surface area contributed by atoms with E-state index in [9.17, 15) is 4.79 Å². The zero-order chi connectivity index (χ0) is 15.1. The normalized spacial score (nSPS) is 16.6. The van der Waals surface area contributed by atoms with E-state index in [4.69, 9.17) is 0 Å². The van der Waals surface area contributed by atoms with Gasteiger partial charge in [-0.3, -0.25) is 5.32 Å². The van der Waals surface area contributed by atoms with Gasteiger partial charge < -0.3 is 9.47 Å². The second kappa shape index (κ2) is 5.31. The van der Waals surface area contributed by atoms with Crippen LogP contribution >= 0.6 is 11.3 Å². The number of anilines is 1. The Kier molecular flexibility index (Phi) is 3.29. The molecule has 2 aliphatic rings. The number of nitrogens with one attached hydrogen (secondary N) is 1. The molecule has 1 aliphatic heterocycles. The molecule has 1 saturated carbocycles. The number of fused-ring (bicyclic) bond motifs is 1. The first-order chi connectivity index (χ1) is 10.7. The number of urea groups is 1. The fourth-order valence-electron chi connectivity index (χ4n) is 2.58. The van der Waals surface area contributed by atoms with Crippen LogP contribution in [0.4, 0.5) is 9.93 Å². The number of aryl methyl sites for hydroxylation is 1. The molecule has 1 N–H and O–H groups in total. The fraction of sp³-hybridized carbons (Fsp3) is 0.615.